The number of carbonyl (C=O) groups excluding carboxylic acids is 2. The van der Waals surface area contributed by atoms with Crippen LogP contribution in [-0.4, -0.2) is 39.1 Å². The van der Waals surface area contributed by atoms with E-state index in [0.29, 0.717) is 36.6 Å². The average Bonchev–Trinajstić information content (AvgIpc) is 3.10. The normalized spacial score (nSPS) is 15.8. The lowest BCUT2D eigenvalue weighted by molar-refractivity contribution is 0.0884. The first-order valence-electron chi connectivity index (χ1n) is 7.38. The molecule has 0 aliphatic carbocycles. The monoisotopic (exact) mass is 331 g/mol. The summed E-state index contributed by atoms with van der Waals surface area (Å²) in [5.74, 6) is 1.77. The van der Waals surface area contributed by atoms with Gasteiger partial charge in [-0.3, -0.25) is 9.59 Å². The van der Waals surface area contributed by atoms with E-state index in [-0.39, 0.29) is 17.6 Å². The fourth-order valence-electron chi connectivity index (χ4n) is 2.61. The van der Waals surface area contributed by atoms with E-state index in [4.69, 9.17) is 18.6 Å². The van der Waals surface area contributed by atoms with Crippen LogP contribution in [0.1, 0.15) is 26.7 Å². The van der Waals surface area contributed by atoms with Crippen LogP contribution in [-0.2, 0) is 6.42 Å². The molecule has 0 radical (unpaired) electrons. The Morgan fingerprint density at radius 3 is 2.79 bits per heavy atom. The highest BCUT2D eigenvalue weighted by Crippen LogP contribution is 2.37. The first-order valence-corrected chi connectivity index (χ1v) is 7.38. The predicted octanol–water partition coefficient (Wildman–Crippen LogP) is 1.84. The maximum Gasteiger partial charge on any atom is 0.287 e. The molecule has 3 rings (SSSR count). The molecule has 2 aromatic rings. The molecule has 1 N–H and O–H groups in total. The van der Waals surface area contributed by atoms with Crippen molar-refractivity contribution in [3.05, 3.63) is 41.3 Å². The van der Waals surface area contributed by atoms with E-state index < -0.39 is 5.91 Å². The van der Waals surface area contributed by atoms with Gasteiger partial charge in [0.05, 0.1) is 20.3 Å². The number of amides is 1. The molecule has 1 aromatic carbocycles. The van der Waals surface area contributed by atoms with Gasteiger partial charge in [-0.25, -0.2) is 0 Å². The highest BCUT2D eigenvalue weighted by Gasteiger charge is 2.26. The summed E-state index contributed by atoms with van der Waals surface area (Å²) in [4.78, 5) is 22.8. The molecule has 0 bridgehead atoms. The molecule has 24 heavy (non-hydrogen) atoms. The van der Waals surface area contributed by atoms with Gasteiger partial charge in [-0.2, -0.15) is 0 Å². The summed E-state index contributed by atoms with van der Waals surface area (Å²) in [7, 11) is 3.14. The van der Waals surface area contributed by atoms with Gasteiger partial charge in [0.15, 0.2) is 17.8 Å². The van der Waals surface area contributed by atoms with Crippen molar-refractivity contribution in [3.8, 4) is 17.2 Å². The smallest absolute Gasteiger partial charge is 0.287 e. The first-order chi connectivity index (χ1) is 11.6. The number of hydrogen-bond acceptors (Lipinski definition) is 6. The molecule has 2 heterocycles. The van der Waals surface area contributed by atoms with Crippen molar-refractivity contribution >= 4 is 12.2 Å². The molecule has 1 aliphatic heterocycles. The molecule has 0 saturated heterocycles. The molecule has 1 unspecified atom stereocenters. The number of rotatable bonds is 5. The third-order valence-electron chi connectivity index (χ3n) is 3.79. The average molecular weight is 331 g/mol. The maximum atomic E-state index is 12.2. The Morgan fingerprint density at radius 2 is 2.12 bits per heavy atom. The zero-order chi connectivity index (χ0) is 17.1. The number of ether oxygens (including phenoxy) is 3. The van der Waals surface area contributed by atoms with Crippen molar-refractivity contribution < 1.29 is 28.2 Å². The van der Waals surface area contributed by atoms with Crippen molar-refractivity contribution in [1.82, 2.24) is 5.32 Å². The molecule has 1 amide bonds. The second-order valence-corrected chi connectivity index (χ2v) is 5.31. The number of aldehydes is 1. The fourth-order valence-corrected chi connectivity index (χ4v) is 2.61. The predicted molar refractivity (Wildman–Crippen MR) is 84.1 cm³/mol. The molecule has 1 atom stereocenters. The Morgan fingerprint density at radius 1 is 1.29 bits per heavy atom. The van der Waals surface area contributed by atoms with Crippen LogP contribution in [0.4, 0.5) is 0 Å². The van der Waals surface area contributed by atoms with Gasteiger partial charge in [-0.1, -0.05) is 0 Å². The Kier molecular flexibility index (Phi) is 4.41. The number of hydrogen-bond donors (Lipinski definition) is 1. The summed E-state index contributed by atoms with van der Waals surface area (Å²) in [6.45, 7) is 0.316. The van der Waals surface area contributed by atoms with E-state index in [0.717, 1.165) is 5.56 Å². The Balaban J connectivity index is 1.75. The third kappa shape index (κ3) is 3.05. The highest BCUT2D eigenvalue weighted by molar-refractivity contribution is 5.92. The number of fused-ring (bicyclic) bond motifs is 1. The molecule has 7 heteroatoms. The van der Waals surface area contributed by atoms with Gasteiger partial charge in [-0.15, -0.1) is 0 Å². The van der Waals surface area contributed by atoms with Crippen LogP contribution >= 0.6 is 0 Å². The summed E-state index contributed by atoms with van der Waals surface area (Å²) in [6.07, 6.45) is 1.10. The van der Waals surface area contributed by atoms with E-state index in [1.165, 1.54) is 12.1 Å². The lowest BCUT2D eigenvalue weighted by atomic mass is 10.0. The number of benzene rings is 1. The van der Waals surface area contributed by atoms with Crippen molar-refractivity contribution in [3.63, 3.8) is 0 Å². The van der Waals surface area contributed by atoms with Crippen molar-refractivity contribution in [2.24, 2.45) is 0 Å². The number of furan rings is 1. The third-order valence-corrected chi connectivity index (χ3v) is 3.79. The molecular weight excluding hydrogens is 314 g/mol. The van der Waals surface area contributed by atoms with Gasteiger partial charge >= 0.3 is 0 Å². The minimum Gasteiger partial charge on any atom is -0.496 e. The topological polar surface area (TPSA) is 87.0 Å². The second-order valence-electron chi connectivity index (χ2n) is 5.31. The Labute approximate surface area is 138 Å². The summed E-state index contributed by atoms with van der Waals surface area (Å²) >= 11 is 0. The standard InChI is InChI=1S/C17H17NO6/c1-21-12-6-15(22-2)13-5-10(9-23-16(13)7-12)18-17(20)14-4-3-11(8-19)24-14/h3-4,6-8,10H,5,9H2,1-2H3,(H,18,20). The SMILES string of the molecule is COc1cc(OC)c2c(c1)OCC(NC(=O)c1ccc(C=O)o1)C2. The maximum absolute atomic E-state index is 12.2. The number of nitrogens with one attached hydrogen (secondary N) is 1. The largest absolute Gasteiger partial charge is 0.496 e. The molecule has 1 aliphatic rings. The lowest BCUT2D eigenvalue weighted by Crippen LogP contribution is -2.42. The minimum absolute atomic E-state index is 0.0876. The molecule has 0 spiro atoms. The Bertz CT molecular complexity index is 749. The number of methoxy groups -OCH3 is 2. The van der Waals surface area contributed by atoms with Crippen molar-refractivity contribution in [1.29, 1.82) is 0 Å². The first kappa shape index (κ1) is 15.9. The zero-order valence-corrected chi connectivity index (χ0v) is 13.3. The molecule has 7 nitrogen and oxygen atoms in total. The van der Waals surface area contributed by atoms with E-state index >= 15 is 0 Å². The van der Waals surface area contributed by atoms with Crippen LogP contribution in [0.2, 0.25) is 0 Å². The van der Waals surface area contributed by atoms with Crippen LogP contribution in [0.15, 0.2) is 28.7 Å². The minimum atomic E-state index is -0.396. The van der Waals surface area contributed by atoms with Gasteiger partial charge in [0.2, 0.25) is 0 Å². The van der Waals surface area contributed by atoms with Crippen LogP contribution < -0.4 is 19.5 Å². The van der Waals surface area contributed by atoms with E-state index in [1.54, 1.807) is 26.4 Å². The molecular formula is C17H17NO6. The van der Waals surface area contributed by atoms with Crippen LogP contribution in [0.3, 0.4) is 0 Å². The van der Waals surface area contributed by atoms with E-state index in [9.17, 15) is 9.59 Å². The summed E-state index contributed by atoms with van der Waals surface area (Å²) in [5, 5.41) is 2.83. The van der Waals surface area contributed by atoms with Gasteiger partial charge in [-0.05, 0) is 12.1 Å². The van der Waals surface area contributed by atoms with Crippen LogP contribution in [0.5, 0.6) is 17.2 Å². The second kappa shape index (κ2) is 6.66. The number of carbonyl (C=O) groups is 2. The quantitative estimate of drug-likeness (QED) is 0.841. The zero-order valence-electron chi connectivity index (χ0n) is 13.3. The van der Waals surface area contributed by atoms with Gasteiger partial charge in [0.25, 0.3) is 5.91 Å². The van der Waals surface area contributed by atoms with Crippen molar-refractivity contribution in [2.45, 2.75) is 12.5 Å². The van der Waals surface area contributed by atoms with Gasteiger partial charge in [0, 0.05) is 24.1 Å². The van der Waals surface area contributed by atoms with Crippen LogP contribution in [0, 0.1) is 0 Å². The Hall–Kier alpha value is -2.96. The lowest BCUT2D eigenvalue weighted by Gasteiger charge is -2.27. The molecule has 0 saturated carbocycles. The summed E-state index contributed by atoms with van der Waals surface area (Å²) in [6, 6.07) is 6.23. The van der Waals surface area contributed by atoms with Crippen LogP contribution in [0.25, 0.3) is 0 Å². The summed E-state index contributed by atoms with van der Waals surface area (Å²) in [5.41, 5.74) is 0.864. The fraction of sp³-hybridized carbons (Fsp3) is 0.294. The van der Waals surface area contributed by atoms with E-state index in [1.807, 2.05) is 0 Å². The van der Waals surface area contributed by atoms with Gasteiger partial charge in [0.1, 0.15) is 23.9 Å². The molecule has 126 valence electrons. The van der Waals surface area contributed by atoms with Gasteiger partial charge < -0.3 is 23.9 Å². The summed E-state index contributed by atoms with van der Waals surface area (Å²) < 4.78 is 21.4. The highest BCUT2D eigenvalue weighted by atomic mass is 16.5. The van der Waals surface area contributed by atoms with E-state index in [2.05, 4.69) is 5.32 Å². The molecule has 0 fully saturated rings. The molecule has 1 aromatic heterocycles. The van der Waals surface area contributed by atoms with Crippen molar-refractivity contribution in [2.75, 3.05) is 20.8 Å².